The van der Waals surface area contributed by atoms with Gasteiger partial charge in [0.1, 0.15) is 41.3 Å². The van der Waals surface area contributed by atoms with Crippen LogP contribution in [0.15, 0.2) is 66.7 Å². The maximum atomic E-state index is 11.6. The van der Waals surface area contributed by atoms with Gasteiger partial charge in [-0.1, -0.05) is 18.2 Å². The molecule has 0 amide bonds. The Balaban J connectivity index is 1.44. The van der Waals surface area contributed by atoms with E-state index in [1.54, 1.807) is 0 Å². The SMILES string of the molecule is Oc1ccc2c(c1)OC(c1ccc(O)c(O)c1)C(O)C2c1cc2c(cc1O)OC(c1ccc(O)c(O)c1)C(O)C2O. The van der Waals surface area contributed by atoms with Crippen molar-refractivity contribution in [2.75, 3.05) is 0 Å². The minimum absolute atomic E-state index is 0.0501. The van der Waals surface area contributed by atoms with Crippen LogP contribution in [0.4, 0.5) is 0 Å². The zero-order chi connectivity index (χ0) is 29.2. The molecule has 0 saturated heterocycles. The fraction of sp³-hybridized carbons (Fsp3) is 0.200. The zero-order valence-corrected chi connectivity index (χ0v) is 21.2. The van der Waals surface area contributed by atoms with Crippen molar-refractivity contribution < 1.29 is 55.4 Å². The van der Waals surface area contributed by atoms with E-state index in [2.05, 4.69) is 0 Å². The summed E-state index contributed by atoms with van der Waals surface area (Å²) in [4.78, 5) is 0. The molecule has 9 N–H and O–H groups in total. The summed E-state index contributed by atoms with van der Waals surface area (Å²) in [6.45, 7) is 0. The van der Waals surface area contributed by atoms with Crippen molar-refractivity contribution in [2.45, 2.75) is 36.4 Å². The minimum atomic E-state index is -1.50. The van der Waals surface area contributed by atoms with Crippen LogP contribution in [0.2, 0.25) is 0 Å². The topological polar surface area (TPSA) is 201 Å². The first kappa shape index (κ1) is 26.4. The van der Waals surface area contributed by atoms with Gasteiger partial charge in [-0.25, -0.2) is 0 Å². The molecule has 0 spiro atoms. The zero-order valence-electron chi connectivity index (χ0n) is 21.2. The third-order valence-corrected chi connectivity index (χ3v) is 7.59. The first-order chi connectivity index (χ1) is 19.5. The number of hydrogen-bond acceptors (Lipinski definition) is 11. The van der Waals surface area contributed by atoms with E-state index in [-0.39, 0.29) is 51.2 Å². The molecule has 6 unspecified atom stereocenters. The van der Waals surface area contributed by atoms with Crippen molar-refractivity contribution >= 4 is 0 Å². The van der Waals surface area contributed by atoms with Crippen LogP contribution >= 0.6 is 0 Å². The largest absolute Gasteiger partial charge is 0.508 e. The third kappa shape index (κ3) is 4.36. The van der Waals surface area contributed by atoms with Gasteiger partial charge in [0.05, 0.1) is 0 Å². The molecule has 0 radical (unpaired) electrons. The number of rotatable bonds is 3. The molecule has 2 heterocycles. The quantitative estimate of drug-likeness (QED) is 0.166. The molecule has 4 aromatic rings. The number of aromatic hydroxyl groups is 6. The van der Waals surface area contributed by atoms with E-state index in [4.69, 9.17) is 9.47 Å². The summed E-state index contributed by atoms with van der Waals surface area (Å²) in [5.74, 6) is -2.75. The number of ether oxygens (including phenoxy) is 2. The number of phenolic OH excluding ortho intramolecular Hbond substituents is 6. The highest BCUT2D eigenvalue weighted by Gasteiger charge is 2.43. The van der Waals surface area contributed by atoms with Crippen LogP contribution in [-0.2, 0) is 0 Å². The fourth-order valence-electron chi connectivity index (χ4n) is 5.51. The Hall–Kier alpha value is -4.84. The smallest absolute Gasteiger partial charge is 0.157 e. The molecular weight excluding hydrogens is 536 g/mol. The Labute approximate surface area is 232 Å². The molecule has 11 nitrogen and oxygen atoms in total. The highest BCUT2D eigenvalue weighted by atomic mass is 16.5. The van der Waals surface area contributed by atoms with Gasteiger partial charge >= 0.3 is 0 Å². The van der Waals surface area contributed by atoms with Gasteiger partial charge in [0.25, 0.3) is 0 Å². The standard InChI is InChI=1S/C30H26O11/c31-14-3-4-15-23(9-14)40-29(12-1-5-18(32)21(35)7-12)27(38)25(15)16-10-17-24(11-20(16)34)41-30(28(39)26(17)37)13-2-6-19(33)22(36)8-13/h1-11,25-39H. The number of phenols is 6. The number of aliphatic hydroxyl groups excluding tert-OH is 3. The van der Waals surface area contributed by atoms with Crippen molar-refractivity contribution in [1.82, 2.24) is 0 Å². The number of fused-ring (bicyclic) bond motifs is 2. The second-order valence-electron chi connectivity index (χ2n) is 10.1. The number of aliphatic hydroxyl groups is 3. The van der Waals surface area contributed by atoms with Crippen molar-refractivity contribution in [3.05, 3.63) is 94.5 Å². The summed E-state index contributed by atoms with van der Waals surface area (Å²) in [6.07, 6.45) is -6.60. The van der Waals surface area contributed by atoms with E-state index in [1.807, 2.05) is 0 Å². The van der Waals surface area contributed by atoms with Gasteiger partial charge in [-0.3, -0.25) is 0 Å². The van der Waals surface area contributed by atoms with Crippen molar-refractivity contribution in [1.29, 1.82) is 0 Å². The van der Waals surface area contributed by atoms with Crippen LogP contribution in [0.25, 0.3) is 0 Å². The Morgan fingerprint density at radius 2 is 1.02 bits per heavy atom. The highest BCUT2D eigenvalue weighted by Crippen LogP contribution is 2.52. The molecule has 212 valence electrons. The summed E-state index contributed by atoms with van der Waals surface area (Å²) in [5.41, 5.74) is 1.28. The molecule has 41 heavy (non-hydrogen) atoms. The lowest BCUT2D eigenvalue weighted by molar-refractivity contribution is -0.0702. The van der Waals surface area contributed by atoms with Crippen LogP contribution in [0.3, 0.4) is 0 Å². The van der Waals surface area contributed by atoms with E-state index in [0.717, 1.165) is 0 Å². The predicted octanol–water partition coefficient (Wildman–Crippen LogP) is 3.07. The molecule has 4 aromatic carbocycles. The van der Waals surface area contributed by atoms with Crippen molar-refractivity contribution in [2.24, 2.45) is 0 Å². The monoisotopic (exact) mass is 562 g/mol. The van der Waals surface area contributed by atoms with Crippen LogP contribution in [0.5, 0.6) is 46.0 Å². The van der Waals surface area contributed by atoms with E-state index in [1.165, 1.54) is 66.7 Å². The molecule has 0 aromatic heterocycles. The first-order valence-electron chi connectivity index (χ1n) is 12.6. The Bertz CT molecular complexity index is 1650. The molecule has 2 aliphatic rings. The predicted molar refractivity (Wildman–Crippen MR) is 141 cm³/mol. The van der Waals surface area contributed by atoms with E-state index in [0.29, 0.717) is 11.1 Å². The van der Waals surface area contributed by atoms with Gasteiger partial charge in [0.15, 0.2) is 35.2 Å². The van der Waals surface area contributed by atoms with Crippen molar-refractivity contribution in [3.63, 3.8) is 0 Å². The van der Waals surface area contributed by atoms with Gasteiger partial charge in [-0.05, 0) is 47.5 Å². The Morgan fingerprint density at radius 3 is 1.61 bits per heavy atom. The van der Waals surface area contributed by atoms with Crippen LogP contribution < -0.4 is 9.47 Å². The molecule has 11 heteroatoms. The third-order valence-electron chi connectivity index (χ3n) is 7.59. The van der Waals surface area contributed by atoms with Gasteiger partial charge in [-0.2, -0.15) is 0 Å². The second kappa shape index (κ2) is 9.66. The Kier molecular flexibility index (Phi) is 6.22. The molecule has 6 rings (SSSR count). The van der Waals surface area contributed by atoms with Gasteiger partial charge < -0.3 is 55.4 Å². The van der Waals surface area contributed by atoms with Gasteiger partial charge in [-0.15, -0.1) is 0 Å². The summed E-state index contributed by atoms with van der Waals surface area (Å²) in [5, 5.41) is 94.2. The molecule has 0 bridgehead atoms. The lowest BCUT2D eigenvalue weighted by Crippen LogP contribution is -2.36. The van der Waals surface area contributed by atoms with E-state index in [9.17, 15) is 46.0 Å². The number of benzene rings is 4. The van der Waals surface area contributed by atoms with Gasteiger partial charge in [0, 0.05) is 34.7 Å². The van der Waals surface area contributed by atoms with Gasteiger partial charge in [0.2, 0.25) is 0 Å². The first-order valence-corrected chi connectivity index (χ1v) is 12.6. The molecular formula is C30H26O11. The normalized spacial score (nSPS) is 25.0. The lowest BCUT2D eigenvalue weighted by Gasteiger charge is -2.39. The van der Waals surface area contributed by atoms with E-state index >= 15 is 0 Å². The van der Waals surface area contributed by atoms with E-state index < -0.39 is 47.9 Å². The summed E-state index contributed by atoms with van der Waals surface area (Å²) < 4.78 is 11.9. The average Bonchev–Trinajstić information content (AvgIpc) is 2.94. The lowest BCUT2D eigenvalue weighted by atomic mass is 9.78. The van der Waals surface area contributed by atoms with Crippen LogP contribution in [0, 0.1) is 0 Å². The fourth-order valence-corrected chi connectivity index (χ4v) is 5.51. The molecule has 6 atom stereocenters. The minimum Gasteiger partial charge on any atom is -0.508 e. The highest BCUT2D eigenvalue weighted by molar-refractivity contribution is 5.57. The average molecular weight is 563 g/mol. The molecule has 2 aliphatic heterocycles. The maximum Gasteiger partial charge on any atom is 0.157 e. The Morgan fingerprint density at radius 1 is 0.463 bits per heavy atom. The maximum absolute atomic E-state index is 11.6. The van der Waals surface area contributed by atoms with Crippen molar-refractivity contribution in [3.8, 4) is 46.0 Å². The summed E-state index contributed by atoms with van der Waals surface area (Å²) in [6, 6.07) is 14.7. The summed E-state index contributed by atoms with van der Waals surface area (Å²) >= 11 is 0. The van der Waals surface area contributed by atoms with Crippen LogP contribution in [-0.4, -0.2) is 58.2 Å². The molecule has 0 aliphatic carbocycles. The molecule has 0 fully saturated rings. The van der Waals surface area contributed by atoms with Crippen LogP contribution in [0.1, 0.15) is 52.0 Å². The molecule has 0 saturated carbocycles. The number of hydrogen-bond donors (Lipinski definition) is 9. The summed E-state index contributed by atoms with van der Waals surface area (Å²) in [7, 11) is 0. The second-order valence-corrected chi connectivity index (χ2v) is 10.1.